The Balaban J connectivity index is 1.42. The summed E-state index contributed by atoms with van der Waals surface area (Å²) in [7, 11) is 1.68. The second-order valence-corrected chi connectivity index (χ2v) is 6.47. The summed E-state index contributed by atoms with van der Waals surface area (Å²) in [6.07, 6.45) is 2.92. The fraction of sp³-hybridized carbons (Fsp3) is 0.500. The van der Waals surface area contributed by atoms with Gasteiger partial charge in [-0.05, 0) is 43.5 Å². The maximum absolute atomic E-state index is 12.2. The third-order valence-electron chi connectivity index (χ3n) is 5.08. The lowest BCUT2D eigenvalue weighted by molar-refractivity contribution is -0.119. The molecule has 0 bridgehead atoms. The zero-order chi connectivity index (χ0) is 16.5. The zero-order valence-electron chi connectivity index (χ0n) is 13.9. The molecule has 3 aliphatic rings. The van der Waals surface area contributed by atoms with Crippen molar-refractivity contribution in [3.8, 4) is 5.75 Å². The van der Waals surface area contributed by atoms with Crippen LogP contribution in [0.4, 0.5) is 5.69 Å². The number of ether oxygens (including phenoxy) is 1. The van der Waals surface area contributed by atoms with Gasteiger partial charge in [-0.25, -0.2) is 4.99 Å². The lowest BCUT2D eigenvalue weighted by atomic mass is 10.1. The third kappa shape index (κ3) is 2.77. The van der Waals surface area contributed by atoms with Crippen LogP contribution in [0, 0.1) is 5.92 Å². The van der Waals surface area contributed by atoms with Crippen LogP contribution in [0.5, 0.6) is 5.75 Å². The summed E-state index contributed by atoms with van der Waals surface area (Å²) < 4.78 is 5.21. The van der Waals surface area contributed by atoms with Crippen LogP contribution >= 0.6 is 0 Å². The molecule has 4 rings (SSSR count). The number of anilines is 1. The van der Waals surface area contributed by atoms with Crippen LogP contribution in [0.25, 0.3) is 0 Å². The van der Waals surface area contributed by atoms with Gasteiger partial charge in [0.25, 0.3) is 5.91 Å². The Morgan fingerprint density at radius 3 is 2.46 bits per heavy atom. The summed E-state index contributed by atoms with van der Waals surface area (Å²) >= 11 is 0. The summed E-state index contributed by atoms with van der Waals surface area (Å²) in [5.74, 6) is 1.47. The molecule has 2 fully saturated rings. The number of hydrogen-bond acceptors (Lipinski definition) is 5. The van der Waals surface area contributed by atoms with E-state index in [9.17, 15) is 4.79 Å². The molecule has 0 N–H and O–H groups in total. The Bertz CT molecular complexity index is 687. The van der Waals surface area contributed by atoms with E-state index in [1.807, 2.05) is 12.1 Å². The summed E-state index contributed by atoms with van der Waals surface area (Å²) in [6.45, 7) is 3.46. The number of nitrogens with zero attached hydrogens (tertiary/aromatic N) is 4. The molecular weight excluding hydrogens is 304 g/mol. The van der Waals surface area contributed by atoms with Gasteiger partial charge in [0.05, 0.1) is 13.0 Å². The Kier molecular flexibility index (Phi) is 3.96. The minimum atomic E-state index is -0.0330. The standard InChI is InChI=1S/C18H22N4O2/c1-24-14-7-5-13(6-8-14)21-9-11-22(12-10-21)18-19-16-4-2-3-15(16)17(23)20-18/h5-8,15H,2-4,9-12H2,1H3. The van der Waals surface area contributed by atoms with E-state index in [2.05, 4.69) is 31.9 Å². The first-order chi connectivity index (χ1) is 11.7. The normalized spacial score (nSPS) is 23.7. The zero-order valence-corrected chi connectivity index (χ0v) is 13.9. The largest absolute Gasteiger partial charge is 0.497 e. The fourth-order valence-electron chi connectivity index (χ4n) is 3.66. The van der Waals surface area contributed by atoms with E-state index in [0.717, 1.165) is 56.9 Å². The highest BCUT2D eigenvalue weighted by Crippen LogP contribution is 2.27. The molecule has 0 radical (unpaired) electrons. The van der Waals surface area contributed by atoms with Gasteiger partial charge in [0.1, 0.15) is 5.75 Å². The predicted octanol–water partition coefficient (Wildman–Crippen LogP) is 1.95. The molecule has 1 saturated heterocycles. The van der Waals surface area contributed by atoms with Gasteiger partial charge in [-0.15, -0.1) is 0 Å². The SMILES string of the molecule is COc1ccc(N2CCN(C3=NC(=O)C4CCCC4=N3)CC2)cc1. The number of amides is 1. The van der Waals surface area contributed by atoms with Crippen molar-refractivity contribution < 1.29 is 9.53 Å². The summed E-state index contributed by atoms with van der Waals surface area (Å²) in [4.78, 5) is 25.6. The number of fused-ring (bicyclic) bond motifs is 1. The summed E-state index contributed by atoms with van der Waals surface area (Å²) in [6, 6.07) is 8.13. The molecule has 6 nitrogen and oxygen atoms in total. The van der Waals surface area contributed by atoms with Gasteiger partial charge in [-0.3, -0.25) is 4.79 Å². The highest BCUT2D eigenvalue weighted by atomic mass is 16.5. The minimum Gasteiger partial charge on any atom is -0.497 e. The number of carbonyl (C=O) groups excluding carboxylic acids is 1. The van der Waals surface area contributed by atoms with E-state index >= 15 is 0 Å². The number of piperazine rings is 1. The van der Waals surface area contributed by atoms with Crippen LogP contribution in [0.15, 0.2) is 34.3 Å². The summed E-state index contributed by atoms with van der Waals surface area (Å²) in [5, 5.41) is 0. The van der Waals surface area contributed by atoms with Crippen molar-refractivity contribution in [2.45, 2.75) is 19.3 Å². The number of carbonyl (C=O) groups is 1. The van der Waals surface area contributed by atoms with Crippen molar-refractivity contribution in [2.24, 2.45) is 15.9 Å². The molecule has 24 heavy (non-hydrogen) atoms. The second kappa shape index (κ2) is 6.26. The van der Waals surface area contributed by atoms with E-state index in [1.165, 1.54) is 5.69 Å². The van der Waals surface area contributed by atoms with Crippen molar-refractivity contribution in [1.82, 2.24) is 4.90 Å². The van der Waals surface area contributed by atoms with Crippen molar-refractivity contribution in [1.29, 1.82) is 0 Å². The van der Waals surface area contributed by atoms with Crippen LogP contribution in [0.1, 0.15) is 19.3 Å². The second-order valence-electron chi connectivity index (χ2n) is 6.47. The Morgan fingerprint density at radius 1 is 1.04 bits per heavy atom. The first kappa shape index (κ1) is 15.2. The molecule has 2 heterocycles. The third-order valence-corrected chi connectivity index (χ3v) is 5.08. The molecule has 1 saturated carbocycles. The first-order valence-electron chi connectivity index (χ1n) is 8.58. The minimum absolute atomic E-state index is 0.00471. The molecule has 1 amide bonds. The fourth-order valence-corrected chi connectivity index (χ4v) is 3.66. The smallest absolute Gasteiger partial charge is 0.257 e. The van der Waals surface area contributed by atoms with Crippen molar-refractivity contribution in [2.75, 3.05) is 38.2 Å². The number of hydrogen-bond donors (Lipinski definition) is 0. The van der Waals surface area contributed by atoms with Crippen LogP contribution in [0.2, 0.25) is 0 Å². The molecule has 1 aliphatic carbocycles. The van der Waals surface area contributed by atoms with Gasteiger partial charge in [-0.1, -0.05) is 0 Å². The predicted molar refractivity (Wildman–Crippen MR) is 94.0 cm³/mol. The van der Waals surface area contributed by atoms with Gasteiger partial charge in [0.15, 0.2) is 0 Å². The number of benzene rings is 1. The average Bonchev–Trinajstić information content (AvgIpc) is 3.11. The molecule has 1 aromatic rings. The lowest BCUT2D eigenvalue weighted by Crippen LogP contribution is -2.49. The van der Waals surface area contributed by atoms with Gasteiger partial charge < -0.3 is 14.5 Å². The topological polar surface area (TPSA) is 57.5 Å². The Hall–Kier alpha value is -2.37. The molecule has 1 unspecified atom stereocenters. The quantitative estimate of drug-likeness (QED) is 0.833. The van der Waals surface area contributed by atoms with Crippen molar-refractivity contribution in [3.63, 3.8) is 0 Å². The lowest BCUT2D eigenvalue weighted by Gasteiger charge is -2.37. The van der Waals surface area contributed by atoms with Gasteiger partial charge >= 0.3 is 0 Å². The van der Waals surface area contributed by atoms with Crippen molar-refractivity contribution >= 4 is 23.3 Å². The van der Waals surface area contributed by atoms with E-state index in [-0.39, 0.29) is 11.8 Å². The van der Waals surface area contributed by atoms with E-state index in [4.69, 9.17) is 4.74 Å². The number of rotatable bonds is 2. The van der Waals surface area contributed by atoms with Gasteiger partial charge in [-0.2, -0.15) is 4.99 Å². The molecule has 0 aromatic heterocycles. The molecular formula is C18H22N4O2. The highest BCUT2D eigenvalue weighted by Gasteiger charge is 2.34. The van der Waals surface area contributed by atoms with E-state index in [0.29, 0.717) is 5.96 Å². The first-order valence-corrected chi connectivity index (χ1v) is 8.58. The Labute approximate surface area is 141 Å². The maximum Gasteiger partial charge on any atom is 0.257 e. The van der Waals surface area contributed by atoms with E-state index in [1.54, 1.807) is 7.11 Å². The molecule has 1 atom stereocenters. The maximum atomic E-state index is 12.2. The molecule has 0 spiro atoms. The highest BCUT2D eigenvalue weighted by molar-refractivity contribution is 6.16. The molecule has 6 heteroatoms. The van der Waals surface area contributed by atoms with Crippen LogP contribution in [0.3, 0.4) is 0 Å². The van der Waals surface area contributed by atoms with Gasteiger partial charge in [0.2, 0.25) is 5.96 Å². The molecule has 126 valence electrons. The summed E-state index contributed by atoms with van der Waals surface area (Å²) in [5.41, 5.74) is 2.24. The molecule has 1 aromatic carbocycles. The number of methoxy groups -OCH3 is 1. The van der Waals surface area contributed by atoms with Crippen LogP contribution in [-0.2, 0) is 4.79 Å². The van der Waals surface area contributed by atoms with E-state index < -0.39 is 0 Å². The monoisotopic (exact) mass is 326 g/mol. The van der Waals surface area contributed by atoms with Gasteiger partial charge in [0, 0.05) is 37.6 Å². The number of guanidine groups is 1. The Morgan fingerprint density at radius 2 is 1.75 bits per heavy atom. The van der Waals surface area contributed by atoms with Crippen LogP contribution < -0.4 is 9.64 Å². The average molecular weight is 326 g/mol. The molecule has 2 aliphatic heterocycles. The van der Waals surface area contributed by atoms with Crippen molar-refractivity contribution in [3.05, 3.63) is 24.3 Å². The van der Waals surface area contributed by atoms with Crippen LogP contribution in [-0.4, -0.2) is 55.8 Å². The number of aliphatic imine (C=N–C) groups is 2.